The van der Waals surface area contributed by atoms with Crippen molar-refractivity contribution in [3.05, 3.63) is 29.3 Å². The highest BCUT2D eigenvalue weighted by molar-refractivity contribution is 7.89. The van der Waals surface area contributed by atoms with Gasteiger partial charge in [-0.25, -0.2) is 13.1 Å². The Hall–Kier alpha value is -0.910. The summed E-state index contributed by atoms with van der Waals surface area (Å²) in [7, 11) is -1.53. The van der Waals surface area contributed by atoms with Crippen LogP contribution in [0.5, 0.6) is 0 Å². The van der Waals surface area contributed by atoms with E-state index < -0.39 is 10.0 Å². The standard InChI is InChI=1S/C15H24N2O2S/c1-12-14(11-16-2)6-3-7-15(12)20(18,19)17-10-4-5-13-8-9-13/h3,6-7,13,16-17H,4-5,8-11H2,1-2H3. The Morgan fingerprint density at radius 1 is 1.30 bits per heavy atom. The molecule has 1 aliphatic carbocycles. The van der Waals surface area contributed by atoms with Crippen LogP contribution in [-0.4, -0.2) is 22.0 Å². The maximum absolute atomic E-state index is 12.3. The minimum Gasteiger partial charge on any atom is -0.316 e. The van der Waals surface area contributed by atoms with Crippen LogP contribution in [0.4, 0.5) is 0 Å². The van der Waals surface area contributed by atoms with Gasteiger partial charge in [0.15, 0.2) is 0 Å². The lowest BCUT2D eigenvalue weighted by molar-refractivity contribution is 0.571. The maximum Gasteiger partial charge on any atom is 0.240 e. The SMILES string of the molecule is CNCc1cccc(S(=O)(=O)NCCCC2CC2)c1C. The molecule has 0 heterocycles. The van der Waals surface area contributed by atoms with Gasteiger partial charge in [0.2, 0.25) is 10.0 Å². The van der Waals surface area contributed by atoms with Crippen molar-refractivity contribution in [2.45, 2.75) is 44.0 Å². The van der Waals surface area contributed by atoms with E-state index >= 15 is 0 Å². The van der Waals surface area contributed by atoms with Gasteiger partial charge >= 0.3 is 0 Å². The highest BCUT2D eigenvalue weighted by Gasteiger charge is 2.21. The second-order valence-electron chi connectivity index (χ2n) is 5.55. The van der Waals surface area contributed by atoms with Gasteiger partial charge in [0.05, 0.1) is 4.90 Å². The zero-order valence-corrected chi connectivity index (χ0v) is 13.1. The first-order valence-electron chi connectivity index (χ1n) is 7.27. The summed E-state index contributed by atoms with van der Waals surface area (Å²) >= 11 is 0. The van der Waals surface area contributed by atoms with Crippen molar-refractivity contribution in [3.63, 3.8) is 0 Å². The Morgan fingerprint density at radius 2 is 2.05 bits per heavy atom. The molecule has 0 radical (unpaired) electrons. The van der Waals surface area contributed by atoms with Gasteiger partial charge < -0.3 is 5.32 Å². The van der Waals surface area contributed by atoms with Crippen LogP contribution in [0.1, 0.15) is 36.8 Å². The van der Waals surface area contributed by atoms with Gasteiger partial charge in [0, 0.05) is 13.1 Å². The second-order valence-corrected chi connectivity index (χ2v) is 7.29. The molecule has 0 amide bonds. The van der Waals surface area contributed by atoms with Crippen LogP contribution < -0.4 is 10.0 Å². The summed E-state index contributed by atoms with van der Waals surface area (Å²) in [5.74, 6) is 0.847. The molecular formula is C15H24N2O2S. The van der Waals surface area contributed by atoms with E-state index in [1.165, 1.54) is 12.8 Å². The van der Waals surface area contributed by atoms with E-state index in [2.05, 4.69) is 10.0 Å². The number of nitrogens with one attached hydrogen (secondary N) is 2. The van der Waals surface area contributed by atoms with Crippen LogP contribution in [0.25, 0.3) is 0 Å². The van der Waals surface area contributed by atoms with Crippen molar-refractivity contribution < 1.29 is 8.42 Å². The number of benzene rings is 1. The van der Waals surface area contributed by atoms with Gasteiger partial charge in [0.25, 0.3) is 0 Å². The second kappa shape index (κ2) is 6.70. The van der Waals surface area contributed by atoms with E-state index in [-0.39, 0.29) is 0 Å². The number of sulfonamides is 1. The summed E-state index contributed by atoms with van der Waals surface area (Å²) < 4.78 is 27.4. The Bertz CT molecular complexity index is 551. The quantitative estimate of drug-likeness (QED) is 0.723. The molecular weight excluding hydrogens is 272 g/mol. The first kappa shape index (κ1) is 15.5. The molecule has 1 saturated carbocycles. The van der Waals surface area contributed by atoms with E-state index in [0.717, 1.165) is 29.9 Å². The van der Waals surface area contributed by atoms with Crippen LogP contribution in [0, 0.1) is 12.8 Å². The highest BCUT2D eigenvalue weighted by Crippen LogP contribution is 2.33. The summed E-state index contributed by atoms with van der Waals surface area (Å²) in [5.41, 5.74) is 1.85. The average Bonchev–Trinajstić information content (AvgIpc) is 3.21. The molecule has 0 aromatic heterocycles. The largest absolute Gasteiger partial charge is 0.316 e. The van der Waals surface area contributed by atoms with Crippen molar-refractivity contribution in [2.24, 2.45) is 5.92 Å². The van der Waals surface area contributed by atoms with Crippen molar-refractivity contribution in [3.8, 4) is 0 Å². The molecule has 0 saturated heterocycles. The van der Waals surface area contributed by atoms with Gasteiger partial charge in [-0.3, -0.25) is 0 Å². The number of hydrogen-bond donors (Lipinski definition) is 2. The van der Waals surface area contributed by atoms with E-state index in [9.17, 15) is 8.42 Å². The van der Waals surface area contributed by atoms with Crippen molar-refractivity contribution in [1.29, 1.82) is 0 Å². The minimum absolute atomic E-state index is 0.400. The molecule has 1 aromatic rings. The number of hydrogen-bond acceptors (Lipinski definition) is 3. The van der Waals surface area contributed by atoms with Gasteiger partial charge in [-0.15, -0.1) is 0 Å². The molecule has 0 spiro atoms. The topological polar surface area (TPSA) is 58.2 Å². The third-order valence-corrected chi connectivity index (χ3v) is 5.44. The molecule has 1 fully saturated rings. The zero-order valence-electron chi connectivity index (χ0n) is 12.3. The Morgan fingerprint density at radius 3 is 2.70 bits per heavy atom. The predicted octanol–water partition coefficient (Wildman–Crippen LogP) is 2.18. The van der Waals surface area contributed by atoms with E-state index in [4.69, 9.17) is 0 Å². The highest BCUT2D eigenvalue weighted by atomic mass is 32.2. The van der Waals surface area contributed by atoms with E-state index in [1.54, 1.807) is 12.1 Å². The molecule has 20 heavy (non-hydrogen) atoms. The fourth-order valence-corrected chi connectivity index (χ4v) is 3.78. The normalized spacial score (nSPS) is 15.5. The third-order valence-electron chi connectivity index (χ3n) is 3.83. The lowest BCUT2D eigenvalue weighted by atomic mass is 10.1. The molecule has 2 rings (SSSR count). The lowest BCUT2D eigenvalue weighted by Crippen LogP contribution is -2.26. The van der Waals surface area contributed by atoms with Crippen LogP contribution in [0.3, 0.4) is 0 Å². The van der Waals surface area contributed by atoms with Gasteiger partial charge in [-0.2, -0.15) is 0 Å². The first-order valence-corrected chi connectivity index (χ1v) is 8.75. The third kappa shape index (κ3) is 4.04. The molecule has 112 valence electrons. The number of rotatable bonds is 8. The Balaban J connectivity index is 2.01. The Labute approximate surface area is 122 Å². The summed E-state index contributed by atoms with van der Waals surface area (Å²) in [6.45, 7) is 3.08. The summed E-state index contributed by atoms with van der Waals surface area (Å²) in [4.78, 5) is 0.400. The monoisotopic (exact) mass is 296 g/mol. The van der Waals surface area contributed by atoms with Gasteiger partial charge in [0.1, 0.15) is 0 Å². The summed E-state index contributed by atoms with van der Waals surface area (Å²) in [6, 6.07) is 5.44. The van der Waals surface area contributed by atoms with Gasteiger partial charge in [-0.1, -0.05) is 25.0 Å². The van der Waals surface area contributed by atoms with Crippen molar-refractivity contribution in [2.75, 3.05) is 13.6 Å². The van der Waals surface area contributed by atoms with Crippen molar-refractivity contribution >= 4 is 10.0 Å². The minimum atomic E-state index is -3.39. The maximum atomic E-state index is 12.3. The fraction of sp³-hybridized carbons (Fsp3) is 0.600. The van der Waals surface area contributed by atoms with Crippen LogP contribution in [0.15, 0.2) is 23.1 Å². The molecule has 4 nitrogen and oxygen atoms in total. The molecule has 0 aliphatic heterocycles. The molecule has 2 N–H and O–H groups in total. The molecule has 0 bridgehead atoms. The van der Waals surface area contributed by atoms with Crippen LogP contribution in [0.2, 0.25) is 0 Å². The lowest BCUT2D eigenvalue weighted by Gasteiger charge is -2.12. The summed E-state index contributed by atoms with van der Waals surface area (Å²) in [6.07, 6.45) is 4.70. The molecule has 1 aliphatic rings. The van der Waals surface area contributed by atoms with Gasteiger partial charge in [-0.05, 0) is 49.9 Å². The first-order chi connectivity index (χ1) is 9.54. The van der Waals surface area contributed by atoms with Crippen LogP contribution in [-0.2, 0) is 16.6 Å². The van der Waals surface area contributed by atoms with Crippen molar-refractivity contribution in [1.82, 2.24) is 10.0 Å². The van der Waals surface area contributed by atoms with Crippen LogP contribution >= 0.6 is 0 Å². The molecule has 0 unspecified atom stereocenters. The molecule has 5 heteroatoms. The Kier molecular flexibility index (Phi) is 5.18. The van der Waals surface area contributed by atoms with E-state index in [0.29, 0.717) is 18.0 Å². The molecule has 0 atom stereocenters. The molecule has 1 aromatic carbocycles. The summed E-state index contributed by atoms with van der Waals surface area (Å²) in [5, 5.41) is 3.06. The van der Waals surface area contributed by atoms with E-state index in [1.807, 2.05) is 20.0 Å². The predicted molar refractivity (Wildman–Crippen MR) is 81.1 cm³/mol. The zero-order chi connectivity index (χ0) is 14.6. The fourth-order valence-electron chi connectivity index (χ4n) is 2.41. The average molecular weight is 296 g/mol. The smallest absolute Gasteiger partial charge is 0.240 e.